The van der Waals surface area contributed by atoms with Gasteiger partial charge in [-0.05, 0) is 49.5 Å². The Kier molecular flexibility index (Phi) is 5.77. The molecule has 0 radical (unpaired) electrons. The van der Waals surface area contributed by atoms with Crippen LogP contribution in [0.1, 0.15) is 82.7 Å². The van der Waals surface area contributed by atoms with Gasteiger partial charge in [0, 0.05) is 44.5 Å². The van der Waals surface area contributed by atoms with Crippen LogP contribution in [0.2, 0.25) is 0 Å². The molecule has 1 aromatic rings. The minimum atomic E-state index is -0.305. The molecule has 3 heterocycles. The van der Waals surface area contributed by atoms with Gasteiger partial charge < -0.3 is 14.7 Å². The van der Waals surface area contributed by atoms with Crippen LogP contribution in [-0.2, 0) is 28.8 Å². The minimum Gasteiger partial charge on any atom is -0.393 e. The number of carbonyl (C=O) groups excluding carboxylic acids is 1. The van der Waals surface area contributed by atoms with Crippen molar-refractivity contribution in [2.45, 2.75) is 103 Å². The van der Waals surface area contributed by atoms with E-state index in [9.17, 15) is 9.90 Å². The zero-order valence-electron chi connectivity index (χ0n) is 18.3. The normalized spacial score (nSPS) is 27.1. The Hall–Kier alpha value is -1.40. The van der Waals surface area contributed by atoms with E-state index in [-0.39, 0.29) is 29.1 Å². The number of aryl methyl sites for hydroxylation is 2. The van der Waals surface area contributed by atoms with E-state index in [1.165, 1.54) is 24.1 Å². The Morgan fingerprint density at radius 3 is 2.72 bits per heavy atom. The molecule has 1 aliphatic carbocycles. The van der Waals surface area contributed by atoms with Crippen LogP contribution in [0.3, 0.4) is 0 Å². The zero-order valence-corrected chi connectivity index (χ0v) is 18.3. The number of aromatic amines is 1. The van der Waals surface area contributed by atoms with Crippen LogP contribution in [0.5, 0.6) is 0 Å². The molecule has 0 saturated carbocycles. The second-order valence-electron chi connectivity index (χ2n) is 10.5. The summed E-state index contributed by atoms with van der Waals surface area (Å²) >= 11 is 0. The number of piperidine rings is 1. The van der Waals surface area contributed by atoms with Gasteiger partial charge in [-0.25, -0.2) is 0 Å². The summed E-state index contributed by atoms with van der Waals surface area (Å²) in [5.74, 6) is 0.219. The number of fused-ring (bicyclic) bond motifs is 1. The van der Waals surface area contributed by atoms with Crippen molar-refractivity contribution in [3.8, 4) is 0 Å². The first kappa shape index (κ1) is 20.9. The van der Waals surface area contributed by atoms with Gasteiger partial charge in [0.25, 0.3) is 0 Å². The van der Waals surface area contributed by atoms with Crippen LogP contribution < -0.4 is 0 Å². The third kappa shape index (κ3) is 4.53. The summed E-state index contributed by atoms with van der Waals surface area (Å²) in [5.41, 5.74) is 3.48. The van der Waals surface area contributed by atoms with Crippen LogP contribution in [-0.4, -0.2) is 57.0 Å². The number of aromatic nitrogens is 2. The molecular weight excluding hydrogens is 366 g/mol. The van der Waals surface area contributed by atoms with Crippen molar-refractivity contribution in [1.29, 1.82) is 0 Å². The summed E-state index contributed by atoms with van der Waals surface area (Å²) in [5, 5.41) is 18.1. The number of rotatable bonds is 3. The Morgan fingerprint density at radius 2 is 2.00 bits per heavy atom. The number of aliphatic hydroxyl groups is 1. The molecule has 1 aromatic heterocycles. The van der Waals surface area contributed by atoms with Gasteiger partial charge in [-0.2, -0.15) is 5.10 Å². The van der Waals surface area contributed by atoms with Crippen molar-refractivity contribution in [3.63, 3.8) is 0 Å². The highest BCUT2D eigenvalue weighted by Gasteiger charge is 2.46. The number of hydrogen-bond donors (Lipinski definition) is 2. The topological polar surface area (TPSA) is 78.5 Å². The first-order valence-corrected chi connectivity index (χ1v) is 11.4. The van der Waals surface area contributed by atoms with E-state index < -0.39 is 0 Å². The number of likely N-dealkylation sites (tertiary alicyclic amines) is 1. The summed E-state index contributed by atoms with van der Waals surface area (Å²) < 4.78 is 6.55. The number of H-pyrrole nitrogens is 1. The van der Waals surface area contributed by atoms with E-state index in [1.54, 1.807) is 0 Å². The van der Waals surface area contributed by atoms with Crippen molar-refractivity contribution in [2.75, 3.05) is 13.1 Å². The van der Waals surface area contributed by atoms with Crippen LogP contribution in [0.4, 0.5) is 0 Å². The smallest absolute Gasteiger partial charge is 0.222 e. The van der Waals surface area contributed by atoms with Crippen molar-refractivity contribution in [3.05, 3.63) is 17.0 Å². The Labute approximate surface area is 174 Å². The lowest BCUT2D eigenvalue weighted by molar-refractivity contribution is -0.207. The van der Waals surface area contributed by atoms with Crippen molar-refractivity contribution in [2.24, 2.45) is 5.41 Å². The first-order chi connectivity index (χ1) is 13.8. The summed E-state index contributed by atoms with van der Waals surface area (Å²) in [7, 11) is 0. The summed E-state index contributed by atoms with van der Waals surface area (Å²) in [4.78, 5) is 14.8. The fourth-order valence-electron chi connectivity index (χ4n) is 5.31. The molecule has 162 valence electrons. The van der Waals surface area contributed by atoms with E-state index in [4.69, 9.17) is 4.74 Å². The molecule has 2 aliphatic heterocycles. The highest BCUT2D eigenvalue weighted by atomic mass is 16.5. The van der Waals surface area contributed by atoms with Crippen LogP contribution in [0, 0.1) is 5.41 Å². The number of amides is 1. The third-order valence-electron chi connectivity index (χ3n) is 7.20. The molecule has 1 spiro atoms. The Morgan fingerprint density at radius 1 is 1.28 bits per heavy atom. The Bertz CT molecular complexity index is 728. The number of nitrogens with zero attached hydrogens (tertiary/aromatic N) is 2. The highest BCUT2D eigenvalue weighted by Crippen LogP contribution is 2.42. The molecular formula is C23H37N3O3. The maximum atomic E-state index is 12.8. The van der Waals surface area contributed by atoms with E-state index in [2.05, 4.69) is 31.0 Å². The minimum absolute atomic E-state index is 0.0179. The van der Waals surface area contributed by atoms with Crippen molar-refractivity contribution in [1.82, 2.24) is 15.1 Å². The molecule has 6 heteroatoms. The molecule has 0 aromatic carbocycles. The fourth-order valence-corrected chi connectivity index (χ4v) is 5.31. The number of nitrogens with one attached hydrogen (secondary N) is 1. The van der Waals surface area contributed by atoms with Crippen molar-refractivity contribution < 1.29 is 14.6 Å². The highest BCUT2D eigenvalue weighted by molar-refractivity contribution is 5.76. The maximum absolute atomic E-state index is 12.8. The van der Waals surface area contributed by atoms with Gasteiger partial charge in [0.1, 0.15) is 0 Å². The molecule has 1 amide bonds. The fraction of sp³-hybridized carbons (Fsp3) is 0.826. The molecule has 3 aliphatic rings. The van der Waals surface area contributed by atoms with Gasteiger partial charge in [-0.15, -0.1) is 0 Å². The molecule has 6 nitrogen and oxygen atoms in total. The van der Waals surface area contributed by atoms with Crippen molar-refractivity contribution >= 4 is 5.91 Å². The number of aliphatic hydroxyl groups excluding tert-OH is 1. The van der Waals surface area contributed by atoms with Gasteiger partial charge in [-0.1, -0.05) is 20.8 Å². The summed E-state index contributed by atoms with van der Waals surface area (Å²) in [6.07, 6.45) is 8.71. The van der Waals surface area contributed by atoms with Crippen LogP contribution in [0.15, 0.2) is 0 Å². The molecule has 2 N–H and O–H groups in total. The molecule has 0 bridgehead atoms. The van der Waals surface area contributed by atoms with Crippen LogP contribution >= 0.6 is 0 Å². The molecule has 29 heavy (non-hydrogen) atoms. The lowest BCUT2D eigenvalue weighted by atomic mass is 9.76. The summed E-state index contributed by atoms with van der Waals surface area (Å²) in [6.45, 7) is 7.98. The molecule has 2 fully saturated rings. The third-order valence-corrected chi connectivity index (χ3v) is 7.20. The Balaban J connectivity index is 1.31. The molecule has 2 saturated heterocycles. The van der Waals surface area contributed by atoms with E-state index in [0.29, 0.717) is 19.3 Å². The van der Waals surface area contributed by atoms with E-state index in [1.807, 2.05) is 4.90 Å². The van der Waals surface area contributed by atoms with Gasteiger partial charge in [0.2, 0.25) is 5.91 Å². The van der Waals surface area contributed by atoms with Gasteiger partial charge in [0.15, 0.2) is 0 Å². The lowest BCUT2D eigenvalue weighted by Gasteiger charge is -2.50. The quantitative estimate of drug-likeness (QED) is 0.813. The predicted molar refractivity (Wildman–Crippen MR) is 112 cm³/mol. The predicted octanol–water partition coefficient (Wildman–Crippen LogP) is 3.17. The number of hydrogen-bond acceptors (Lipinski definition) is 4. The monoisotopic (exact) mass is 403 g/mol. The van der Waals surface area contributed by atoms with E-state index >= 15 is 0 Å². The van der Waals surface area contributed by atoms with Gasteiger partial charge in [-0.3, -0.25) is 9.89 Å². The van der Waals surface area contributed by atoms with Gasteiger partial charge >= 0.3 is 0 Å². The lowest BCUT2D eigenvalue weighted by Crippen LogP contribution is -2.55. The van der Waals surface area contributed by atoms with Gasteiger partial charge in [0.05, 0.1) is 23.5 Å². The number of carbonyl (C=O) groups is 1. The van der Waals surface area contributed by atoms with Crippen LogP contribution in [0.25, 0.3) is 0 Å². The molecule has 2 atom stereocenters. The average molecular weight is 404 g/mol. The molecule has 0 unspecified atom stereocenters. The second-order valence-corrected chi connectivity index (χ2v) is 10.5. The molecule has 4 rings (SSSR count). The average Bonchev–Trinajstić information content (AvgIpc) is 3.08. The second kappa shape index (κ2) is 8.03. The summed E-state index contributed by atoms with van der Waals surface area (Å²) in [6, 6.07) is 0. The number of ether oxygens (including phenoxy) is 1. The van der Waals surface area contributed by atoms with E-state index in [0.717, 1.165) is 50.9 Å². The largest absolute Gasteiger partial charge is 0.393 e. The zero-order chi connectivity index (χ0) is 20.6. The SMILES string of the molecule is CC(C)(C)[C@H]1C[C@@H](O)CC2(CCN(C(=O)CCc3n[nH]c4c3CCCC4)CC2)O1. The maximum Gasteiger partial charge on any atom is 0.222 e. The first-order valence-electron chi connectivity index (χ1n) is 11.4. The standard InChI is InChI=1S/C23H37N3O3/c1-22(2,3)20-14-16(27)15-23(29-20)10-12-26(13-11-23)21(28)9-8-19-17-6-4-5-7-18(17)24-25-19/h16,20,27H,4-15H2,1-3H3,(H,24,25)/t16-,20-/m1/s1.